The SMILES string of the molecule is COCCN(CCCc1ccccc1)CC(=O)N(CCOC)c1c(N)n(CC(C)C)c(=O)[nH]c1=O. The summed E-state index contributed by atoms with van der Waals surface area (Å²) in [7, 11) is 3.14. The quantitative estimate of drug-likeness (QED) is 0.387. The van der Waals surface area contributed by atoms with E-state index in [0.29, 0.717) is 26.2 Å². The molecule has 0 radical (unpaired) electrons. The average Bonchev–Trinajstić information content (AvgIpc) is 2.82. The second-order valence-corrected chi connectivity index (χ2v) is 8.89. The number of anilines is 2. The fraction of sp³-hybridized carbons (Fsp3) is 0.560. The maximum atomic E-state index is 13.5. The minimum Gasteiger partial charge on any atom is -0.383 e. The van der Waals surface area contributed by atoms with Gasteiger partial charge in [0.2, 0.25) is 5.91 Å². The van der Waals surface area contributed by atoms with Crippen molar-refractivity contribution in [3.05, 3.63) is 56.7 Å². The van der Waals surface area contributed by atoms with Crippen LogP contribution in [0.25, 0.3) is 0 Å². The first-order chi connectivity index (χ1) is 16.8. The first-order valence-electron chi connectivity index (χ1n) is 12.0. The fourth-order valence-electron chi connectivity index (χ4n) is 3.85. The lowest BCUT2D eigenvalue weighted by Crippen LogP contribution is -2.47. The molecule has 1 heterocycles. The Morgan fingerprint density at radius 2 is 1.71 bits per heavy atom. The van der Waals surface area contributed by atoms with Crippen LogP contribution < -0.4 is 21.9 Å². The summed E-state index contributed by atoms with van der Waals surface area (Å²) in [6, 6.07) is 10.2. The van der Waals surface area contributed by atoms with Crippen LogP contribution in [-0.2, 0) is 27.2 Å². The van der Waals surface area contributed by atoms with Crippen molar-refractivity contribution < 1.29 is 14.3 Å². The van der Waals surface area contributed by atoms with Crippen LogP contribution in [0, 0.1) is 5.92 Å². The van der Waals surface area contributed by atoms with E-state index >= 15 is 0 Å². The Hall–Kier alpha value is -2.95. The number of aromatic nitrogens is 2. The summed E-state index contributed by atoms with van der Waals surface area (Å²) < 4.78 is 11.7. The second kappa shape index (κ2) is 14.4. The van der Waals surface area contributed by atoms with Crippen molar-refractivity contribution in [2.24, 2.45) is 5.92 Å². The molecule has 0 unspecified atom stereocenters. The smallest absolute Gasteiger partial charge is 0.330 e. The van der Waals surface area contributed by atoms with E-state index in [2.05, 4.69) is 17.1 Å². The third-order valence-corrected chi connectivity index (χ3v) is 5.60. The molecular weight excluding hydrogens is 450 g/mol. The molecule has 194 valence electrons. The summed E-state index contributed by atoms with van der Waals surface area (Å²) in [5.74, 6) is -0.208. The zero-order valence-corrected chi connectivity index (χ0v) is 21.3. The normalized spacial score (nSPS) is 11.4. The van der Waals surface area contributed by atoms with Crippen molar-refractivity contribution in [2.75, 3.05) is 64.2 Å². The van der Waals surface area contributed by atoms with Gasteiger partial charge in [-0.05, 0) is 30.9 Å². The van der Waals surface area contributed by atoms with Gasteiger partial charge in [-0.15, -0.1) is 0 Å². The average molecular weight is 490 g/mol. The second-order valence-electron chi connectivity index (χ2n) is 8.89. The summed E-state index contributed by atoms with van der Waals surface area (Å²) in [4.78, 5) is 44.2. The number of nitrogens with two attached hydrogens (primary N) is 1. The molecule has 0 aliphatic carbocycles. The van der Waals surface area contributed by atoms with E-state index in [1.165, 1.54) is 22.1 Å². The van der Waals surface area contributed by atoms with Crippen LogP contribution in [0.5, 0.6) is 0 Å². The third kappa shape index (κ3) is 8.65. The van der Waals surface area contributed by atoms with Gasteiger partial charge in [-0.2, -0.15) is 0 Å². The number of methoxy groups -OCH3 is 2. The van der Waals surface area contributed by atoms with Crippen LogP contribution in [0.1, 0.15) is 25.8 Å². The number of nitrogen functional groups attached to an aromatic ring is 1. The Kier molecular flexibility index (Phi) is 11.7. The molecule has 3 N–H and O–H groups in total. The van der Waals surface area contributed by atoms with Crippen LogP contribution in [0.4, 0.5) is 11.5 Å². The standard InChI is InChI=1S/C25H39N5O5/c1-19(2)17-30-23(26)22(24(32)27-25(30)33)29(14-16-35-4)21(31)18-28(13-15-34-3)12-8-11-20-9-6-5-7-10-20/h5-7,9-10,19H,8,11-18,26H2,1-4H3,(H,27,32,33). The number of hydrogen-bond donors (Lipinski definition) is 2. The van der Waals surface area contributed by atoms with Crippen molar-refractivity contribution in [1.29, 1.82) is 0 Å². The molecule has 0 aliphatic rings. The van der Waals surface area contributed by atoms with E-state index in [9.17, 15) is 14.4 Å². The van der Waals surface area contributed by atoms with Crippen molar-refractivity contribution >= 4 is 17.4 Å². The van der Waals surface area contributed by atoms with Gasteiger partial charge in [-0.3, -0.25) is 24.0 Å². The minimum atomic E-state index is -0.690. The number of benzene rings is 1. The molecular formula is C25H39N5O5. The van der Waals surface area contributed by atoms with E-state index in [1.54, 1.807) is 7.11 Å². The lowest BCUT2D eigenvalue weighted by atomic mass is 10.1. The molecule has 1 amide bonds. The monoisotopic (exact) mass is 489 g/mol. The first-order valence-corrected chi connectivity index (χ1v) is 12.0. The van der Waals surface area contributed by atoms with Crippen molar-refractivity contribution in [1.82, 2.24) is 14.5 Å². The number of nitrogens with one attached hydrogen (secondary N) is 1. The summed E-state index contributed by atoms with van der Waals surface area (Å²) in [6.07, 6.45) is 1.75. The Labute approximate surface area is 206 Å². The van der Waals surface area contributed by atoms with Gasteiger partial charge in [0.25, 0.3) is 5.56 Å². The highest BCUT2D eigenvalue weighted by Gasteiger charge is 2.25. The number of carbonyl (C=O) groups is 1. The summed E-state index contributed by atoms with van der Waals surface area (Å²) >= 11 is 0. The van der Waals surface area contributed by atoms with Gasteiger partial charge in [-0.1, -0.05) is 44.2 Å². The van der Waals surface area contributed by atoms with Crippen LogP contribution in [0.3, 0.4) is 0 Å². The zero-order chi connectivity index (χ0) is 25.8. The molecule has 0 bridgehead atoms. The molecule has 0 saturated heterocycles. The zero-order valence-electron chi connectivity index (χ0n) is 21.3. The summed E-state index contributed by atoms with van der Waals surface area (Å²) in [6.45, 7) is 6.32. The number of H-pyrrole nitrogens is 1. The molecule has 2 aromatic rings. The van der Waals surface area contributed by atoms with Crippen molar-refractivity contribution in [3.63, 3.8) is 0 Å². The number of rotatable bonds is 15. The first kappa shape index (κ1) is 28.3. The van der Waals surface area contributed by atoms with Crippen LogP contribution in [0.15, 0.2) is 39.9 Å². The van der Waals surface area contributed by atoms with Crippen LogP contribution >= 0.6 is 0 Å². The Bertz CT molecular complexity index is 1030. The van der Waals surface area contributed by atoms with E-state index < -0.39 is 11.2 Å². The number of nitrogens with zero attached hydrogens (tertiary/aromatic N) is 3. The van der Waals surface area contributed by atoms with Gasteiger partial charge < -0.3 is 20.1 Å². The maximum absolute atomic E-state index is 13.5. The minimum absolute atomic E-state index is 0.0237. The molecule has 0 spiro atoms. The van der Waals surface area contributed by atoms with Gasteiger partial charge in [0.15, 0.2) is 5.69 Å². The van der Waals surface area contributed by atoms with Gasteiger partial charge in [0.05, 0.1) is 19.8 Å². The number of aromatic amines is 1. The lowest BCUT2D eigenvalue weighted by Gasteiger charge is -2.28. The summed E-state index contributed by atoms with van der Waals surface area (Å²) in [5.41, 5.74) is 6.20. The van der Waals surface area contributed by atoms with E-state index in [4.69, 9.17) is 15.2 Å². The molecule has 0 aliphatic heterocycles. The number of ether oxygens (including phenoxy) is 2. The Morgan fingerprint density at radius 3 is 2.34 bits per heavy atom. The predicted octanol–water partition coefficient (Wildman–Crippen LogP) is 1.34. The molecule has 0 atom stereocenters. The van der Waals surface area contributed by atoms with Crippen molar-refractivity contribution in [3.8, 4) is 0 Å². The maximum Gasteiger partial charge on any atom is 0.330 e. The molecule has 1 aromatic carbocycles. The Morgan fingerprint density at radius 1 is 1.06 bits per heavy atom. The van der Waals surface area contributed by atoms with Crippen LogP contribution in [-0.4, -0.2) is 74.0 Å². The molecule has 2 rings (SSSR count). The van der Waals surface area contributed by atoms with Gasteiger partial charge >= 0.3 is 5.69 Å². The molecule has 1 aromatic heterocycles. The highest BCUT2D eigenvalue weighted by molar-refractivity contribution is 5.96. The molecule has 35 heavy (non-hydrogen) atoms. The predicted molar refractivity (Wildman–Crippen MR) is 138 cm³/mol. The largest absolute Gasteiger partial charge is 0.383 e. The van der Waals surface area contributed by atoms with Gasteiger partial charge in [0, 0.05) is 33.9 Å². The number of carbonyl (C=O) groups excluding carboxylic acids is 1. The molecule has 10 heteroatoms. The fourth-order valence-corrected chi connectivity index (χ4v) is 3.85. The van der Waals surface area contributed by atoms with Gasteiger partial charge in [-0.25, -0.2) is 4.79 Å². The summed E-state index contributed by atoms with van der Waals surface area (Å²) in [5, 5.41) is 0. The number of aryl methyl sites for hydroxylation is 1. The molecule has 0 saturated carbocycles. The number of amides is 1. The van der Waals surface area contributed by atoms with Crippen LogP contribution in [0.2, 0.25) is 0 Å². The van der Waals surface area contributed by atoms with E-state index in [-0.39, 0.29) is 43.0 Å². The highest BCUT2D eigenvalue weighted by Crippen LogP contribution is 2.18. The molecule has 10 nitrogen and oxygen atoms in total. The third-order valence-electron chi connectivity index (χ3n) is 5.60. The molecule has 0 fully saturated rings. The van der Waals surface area contributed by atoms with Crippen molar-refractivity contribution in [2.45, 2.75) is 33.2 Å². The lowest BCUT2D eigenvalue weighted by molar-refractivity contribution is -0.120. The Balaban J connectivity index is 2.26. The van der Waals surface area contributed by atoms with E-state index in [1.807, 2.05) is 36.9 Å². The van der Waals surface area contributed by atoms with Gasteiger partial charge in [0.1, 0.15) is 5.82 Å². The van der Waals surface area contributed by atoms with E-state index in [0.717, 1.165) is 12.8 Å². The topological polar surface area (TPSA) is 123 Å². The number of hydrogen-bond acceptors (Lipinski definition) is 7. The highest BCUT2D eigenvalue weighted by atomic mass is 16.5.